The number of carboxylic acids is 1. The van der Waals surface area contributed by atoms with E-state index in [0.717, 1.165) is 11.1 Å². The van der Waals surface area contributed by atoms with E-state index in [9.17, 15) is 4.79 Å². The molecule has 0 bridgehead atoms. The van der Waals surface area contributed by atoms with Gasteiger partial charge < -0.3 is 5.11 Å². The SMILES string of the molecule is Cc1ccc(-c2nc(C(=O)O)c(Cl)s2)cc1. The summed E-state index contributed by atoms with van der Waals surface area (Å²) >= 11 is 6.97. The molecule has 0 aliphatic heterocycles. The second-order valence-corrected chi connectivity index (χ2v) is 4.91. The second kappa shape index (κ2) is 4.23. The minimum atomic E-state index is -1.10. The number of halogens is 1. The first-order chi connectivity index (χ1) is 7.58. The first kappa shape index (κ1) is 11.1. The molecule has 1 aromatic heterocycles. The Bertz CT molecular complexity index is 533. The number of aromatic nitrogens is 1. The number of hydrogen-bond acceptors (Lipinski definition) is 3. The summed E-state index contributed by atoms with van der Waals surface area (Å²) in [5.74, 6) is -1.10. The first-order valence-corrected chi connectivity index (χ1v) is 5.74. The topological polar surface area (TPSA) is 50.2 Å². The third kappa shape index (κ3) is 2.08. The van der Waals surface area contributed by atoms with Crippen molar-refractivity contribution in [3.63, 3.8) is 0 Å². The Labute approximate surface area is 101 Å². The van der Waals surface area contributed by atoms with Crippen LogP contribution in [0.2, 0.25) is 4.34 Å². The van der Waals surface area contributed by atoms with Crippen LogP contribution < -0.4 is 0 Å². The van der Waals surface area contributed by atoms with Crippen LogP contribution in [0.5, 0.6) is 0 Å². The molecule has 0 saturated carbocycles. The molecule has 0 radical (unpaired) electrons. The van der Waals surface area contributed by atoms with Gasteiger partial charge in [0, 0.05) is 5.56 Å². The minimum absolute atomic E-state index is 0.0813. The zero-order valence-corrected chi connectivity index (χ0v) is 9.97. The summed E-state index contributed by atoms with van der Waals surface area (Å²) in [6.07, 6.45) is 0. The number of rotatable bonds is 2. The molecule has 0 spiro atoms. The second-order valence-electron chi connectivity index (χ2n) is 3.31. The quantitative estimate of drug-likeness (QED) is 0.892. The van der Waals surface area contributed by atoms with Crippen molar-refractivity contribution in [2.45, 2.75) is 6.92 Å². The Kier molecular flexibility index (Phi) is 2.94. The van der Waals surface area contributed by atoms with Gasteiger partial charge in [0.2, 0.25) is 0 Å². The van der Waals surface area contributed by atoms with Gasteiger partial charge in [0.15, 0.2) is 5.69 Å². The van der Waals surface area contributed by atoms with Crippen molar-refractivity contribution < 1.29 is 9.90 Å². The van der Waals surface area contributed by atoms with Crippen LogP contribution in [0, 0.1) is 6.92 Å². The van der Waals surface area contributed by atoms with Gasteiger partial charge in [0.05, 0.1) is 0 Å². The number of nitrogens with zero attached hydrogens (tertiary/aromatic N) is 1. The molecular weight excluding hydrogens is 246 g/mol. The van der Waals surface area contributed by atoms with Gasteiger partial charge in [-0.3, -0.25) is 0 Å². The molecule has 0 atom stereocenters. The van der Waals surface area contributed by atoms with Crippen LogP contribution >= 0.6 is 22.9 Å². The van der Waals surface area contributed by atoms with Crippen molar-refractivity contribution >= 4 is 28.9 Å². The summed E-state index contributed by atoms with van der Waals surface area (Å²) < 4.78 is 0.211. The number of aromatic carboxylic acids is 1. The third-order valence-corrected chi connectivity index (χ3v) is 3.39. The van der Waals surface area contributed by atoms with Crippen LogP contribution in [-0.4, -0.2) is 16.1 Å². The van der Waals surface area contributed by atoms with Crippen molar-refractivity contribution in [1.82, 2.24) is 4.98 Å². The van der Waals surface area contributed by atoms with Crippen molar-refractivity contribution in [1.29, 1.82) is 0 Å². The zero-order chi connectivity index (χ0) is 11.7. The fourth-order valence-corrected chi connectivity index (χ4v) is 2.39. The Morgan fingerprint density at radius 3 is 2.50 bits per heavy atom. The van der Waals surface area contributed by atoms with Crippen LogP contribution in [-0.2, 0) is 0 Å². The molecule has 0 saturated heterocycles. The standard InChI is InChI=1S/C11H8ClNO2S/c1-6-2-4-7(5-3-6)10-13-8(11(14)15)9(12)16-10/h2-5H,1H3,(H,14,15). The maximum Gasteiger partial charge on any atom is 0.356 e. The number of thiazole rings is 1. The summed E-state index contributed by atoms with van der Waals surface area (Å²) in [4.78, 5) is 14.8. The highest BCUT2D eigenvalue weighted by atomic mass is 35.5. The predicted molar refractivity (Wildman–Crippen MR) is 64.3 cm³/mol. The lowest BCUT2D eigenvalue weighted by molar-refractivity contribution is 0.0691. The van der Waals surface area contributed by atoms with Crippen molar-refractivity contribution in [2.24, 2.45) is 0 Å². The average Bonchev–Trinajstić information content (AvgIpc) is 2.61. The highest BCUT2D eigenvalue weighted by molar-refractivity contribution is 7.19. The molecule has 82 valence electrons. The molecular formula is C11H8ClNO2S. The summed E-state index contributed by atoms with van der Waals surface area (Å²) in [5.41, 5.74) is 1.94. The lowest BCUT2D eigenvalue weighted by Crippen LogP contribution is -1.96. The predicted octanol–water partition coefficient (Wildman–Crippen LogP) is 3.47. The molecule has 16 heavy (non-hydrogen) atoms. The Morgan fingerprint density at radius 1 is 1.38 bits per heavy atom. The van der Waals surface area contributed by atoms with E-state index in [1.807, 2.05) is 31.2 Å². The average molecular weight is 254 g/mol. The maximum absolute atomic E-state index is 10.8. The van der Waals surface area contributed by atoms with Crippen LogP contribution in [0.3, 0.4) is 0 Å². The largest absolute Gasteiger partial charge is 0.476 e. The molecule has 0 unspecified atom stereocenters. The van der Waals surface area contributed by atoms with Gasteiger partial charge in [-0.25, -0.2) is 9.78 Å². The highest BCUT2D eigenvalue weighted by Crippen LogP contribution is 2.31. The van der Waals surface area contributed by atoms with Gasteiger partial charge in [-0.1, -0.05) is 41.4 Å². The molecule has 3 nitrogen and oxygen atoms in total. The molecule has 2 aromatic rings. The Morgan fingerprint density at radius 2 is 2.00 bits per heavy atom. The number of benzene rings is 1. The number of carbonyl (C=O) groups is 1. The molecule has 0 aliphatic carbocycles. The van der Waals surface area contributed by atoms with Crippen LogP contribution in [0.25, 0.3) is 10.6 Å². The minimum Gasteiger partial charge on any atom is -0.476 e. The lowest BCUT2D eigenvalue weighted by atomic mass is 10.2. The van der Waals surface area contributed by atoms with E-state index >= 15 is 0 Å². The van der Waals surface area contributed by atoms with Gasteiger partial charge in [-0.05, 0) is 6.92 Å². The summed E-state index contributed by atoms with van der Waals surface area (Å²) in [6.45, 7) is 1.99. The molecule has 1 N–H and O–H groups in total. The van der Waals surface area contributed by atoms with E-state index in [-0.39, 0.29) is 10.0 Å². The third-order valence-electron chi connectivity index (χ3n) is 2.09. The summed E-state index contributed by atoms with van der Waals surface area (Å²) in [6, 6.07) is 7.70. The van der Waals surface area contributed by atoms with Gasteiger partial charge in [-0.2, -0.15) is 0 Å². The van der Waals surface area contributed by atoms with E-state index in [0.29, 0.717) is 5.01 Å². The molecule has 0 aliphatic rings. The van der Waals surface area contributed by atoms with Crippen molar-refractivity contribution in [2.75, 3.05) is 0 Å². The van der Waals surface area contributed by atoms with Crippen LogP contribution in [0.1, 0.15) is 16.1 Å². The maximum atomic E-state index is 10.8. The van der Waals surface area contributed by atoms with Crippen LogP contribution in [0.4, 0.5) is 0 Å². The van der Waals surface area contributed by atoms with Crippen LogP contribution in [0.15, 0.2) is 24.3 Å². The summed E-state index contributed by atoms with van der Waals surface area (Å²) in [5, 5.41) is 9.46. The van der Waals surface area contributed by atoms with Gasteiger partial charge in [-0.15, -0.1) is 11.3 Å². The highest BCUT2D eigenvalue weighted by Gasteiger charge is 2.16. The van der Waals surface area contributed by atoms with E-state index < -0.39 is 5.97 Å². The molecule has 2 rings (SSSR count). The molecule has 0 amide bonds. The monoisotopic (exact) mass is 253 g/mol. The van der Waals surface area contributed by atoms with E-state index in [2.05, 4.69) is 4.98 Å². The summed E-state index contributed by atoms with van der Waals surface area (Å²) in [7, 11) is 0. The van der Waals surface area contributed by atoms with Crippen molar-refractivity contribution in [3.05, 3.63) is 39.9 Å². The lowest BCUT2D eigenvalue weighted by Gasteiger charge is -1.95. The number of hydrogen-bond donors (Lipinski definition) is 1. The zero-order valence-electron chi connectivity index (χ0n) is 8.40. The van der Waals surface area contributed by atoms with Gasteiger partial charge >= 0.3 is 5.97 Å². The fourth-order valence-electron chi connectivity index (χ4n) is 1.25. The van der Waals surface area contributed by atoms with E-state index in [1.165, 1.54) is 11.3 Å². The Hall–Kier alpha value is -1.39. The van der Waals surface area contributed by atoms with E-state index in [4.69, 9.17) is 16.7 Å². The molecule has 1 heterocycles. The molecule has 1 aromatic carbocycles. The first-order valence-electron chi connectivity index (χ1n) is 4.54. The van der Waals surface area contributed by atoms with Crippen molar-refractivity contribution in [3.8, 4) is 10.6 Å². The molecule has 0 fully saturated rings. The number of aryl methyl sites for hydroxylation is 1. The van der Waals surface area contributed by atoms with Gasteiger partial charge in [0.25, 0.3) is 0 Å². The Balaban J connectivity index is 2.45. The molecule has 5 heteroatoms. The smallest absolute Gasteiger partial charge is 0.356 e. The normalized spacial score (nSPS) is 10.4. The fraction of sp³-hybridized carbons (Fsp3) is 0.0909. The number of carboxylic acid groups (broad SMARTS) is 1. The van der Waals surface area contributed by atoms with E-state index in [1.54, 1.807) is 0 Å². The van der Waals surface area contributed by atoms with Gasteiger partial charge in [0.1, 0.15) is 9.34 Å².